The molecule has 1 aliphatic heterocycles. The van der Waals surface area contributed by atoms with Gasteiger partial charge in [0.05, 0.1) is 6.54 Å². The van der Waals surface area contributed by atoms with Crippen LogP contribution in [0.3, 0.4) is 0 Å². The van der Waals surface area contributed by atoms with Crippen molar-refractivity contribution in [1.82, 2.24) is 15.5 Å². The summed E-state index contributed by atoms with van der Waals surface area (Å²) in [6.45, 7) is 2.72. The minimum Gasteiger partial charge on any atom is -0.352 e. The zero-order chi connectivity index (χ0) is 12.1. The Kier molecular flexibility index (Phi) is 4.80. The van der Waals surface area contributed by atoms with E-state index in [1.54, 1.807) is 0 Å². The molecule has 4 nitrogen and oxygen atoms in total. The van der Waals surface area contributed by atoms with Crippen LogP contribution in [-0.2, 0) is 4.79 Å². The topological polar surface area (TPSA) is 44.4 Å². The zero-order valence-electron chi connectivity index (χ0n) is 10.9. The molecule has 0 spiro atoms. The maximum absolute atomic E-state index is 11.9. The van der Waals surface area contributed by atoms with Gasteiger partial charge in [0.15, 0.2) is 0 Å². The molecular weight excluding hydrogens is 214 g/mol. The Bertz CT molecular complexity index is 245. The maximum atomic E-state index is 11.9. The summed E-state index contributed by atoms with van der Waals surface area (Å²) in [5.41, 5.74) is 0. The molecular formula is C13H25N3O. The molecule has 2 rings (SSSR count). The van der Waals surface area contributed by atoms with Gasteiger partial charge in [-0.3, -0.25) is 9.69 Å². The second kappa shape index (κ2) is 6.36. The third-order valence-electron chi connectivity index (χ3n) is 4.05. The first-order chi connectivity index (χ1) is 8.25. The second-order valence-corrected chi connectivity index (χ2v) is 5.45. The monoisotopic (exact) mass is 239 g/mol. The minimum atomic E-state index is 0.206. The number of amides is 1. The third-order valence-corrected chi connectivity index (χ3v) is 4.05. The minimum absolute atomic E-state index is 0.206. The van der Waals surface area contributed by atoms with E-state index in [4.69, 9.17) is 0 Å². The largest absolute Gasteiger partial charge is 0.352 e. The maximum Gasteiger partial charge on any atom is 0.234 e. The molecule has 0 radical (unpaired) electrons. The number of nitrogens with zero attached hydrogens (tertiary/aromatic N) is 1. The highest BCUT2D eigenvalue weighted by Crippen LogP contribution is 2.17. The molecule has 0 aromatic carbocycles. The number of piperidine rings is 1. The van der Waals surface area contributed by atoms with Crippen LogP contribution in [0.2, 0.25) is 0 Å². The summed E-state index contributed by atoms with van der Waals surface area (Å²) < 4.78 is 0. The lowest BCUT2D eigenvalue weighted by atomic mass is 10.1. The molecule has 4 heteroatoms. The molecule has 1 saturated heterocycles. The van der Waals surface area contributed by atoms with Gasteiger partial charge in [-0.05, 0) is 45.8 Å². The highest BCUT2D eigenvalue weighted by molar-refractivity contribution is 5.78. The van der Waals surface area contributed by atoms with Gasteiger partial charge in [0.1, 0.15) is 0 Å². The number of nitrogens with one attached hydrogen (secondary N) is 2. The molecule has 98 valence electrons. The number of rotatable bonds is 4. The summed E-state index contributed by atoms with van der Waals surface area (Å²) >= 11 is 0. The molecule has 2 N–H and O–H groups in total. The van der Waals surface area contributed by atoms with Gasteiger partial charge in [-0.25, -0.2) is 0 Å². The Balaban J connectivity index is 1.69. The fourth-order valence-electron chi connectivity index (χ4n) is 2.95. The molecule has 1 amide bonds. The standard InChI is InChI=1S/C13H25N3O/c1-16(12-6-8-14-9-7-12)10-13(17)15-11-4-2-3-5-11/h11-12,14H,2-10H2,1H3,(H,15,17). The first kappa shape index (κ1) is 12.8. The fraction of sp³-hybridized carbons (Fsp3) is 0.923. The molecule has 1 heterocycles. The van der Waals surface area contributed by atoms with Crippen molar-refractivity contribution in [1.29, 1.82) is 0 Å². The van der Waals surface area contributed by atoms with Crippen molar-refractivity contribution < 1.29 is 4.79 Å². The summed E-state index contributed by atoms with van der Waals surface area (Å²) in [7, 11) is 2.07. The van der Waals surface area contributed by atoms with E-state index >= 15 is 0 Å². The lowest BCUT2D eigenvalue weighted by molar-refractivity contribution is -0.123. The first-order valence-electron chi connectivity index (χ1n) is 6.96. The lowest BCUT2D eigenvalue weighted by Crippen LogP contribution is -2.46. The van der Waals surface area contributed by atoms with Crippen LogP contribution in [0, 0.1) is 0 Å². The van der Waals surface area contributed by atoms with Crippen molar-refractivity contribution in [3.8, 4) is 0 Å². The van der Waals surface area contributed by atoms with Crippen molar-refractivity contribution in [2.24, 2.45) is 0 Å². The van der Waals surface area contributed by atoms with Crippen molar-refractivity contribution in [2.45, 2.75) is 50.6 Å². The summed E-state index contributed by atoms with van der Waals surface area (Å²) in [4.78, 5) is 14.1. The van der Waals surface area contributed by atoms with Gasteiger partial charge in [-0.15, -0.1) is 0 Å². The third kappa shape index (κ3) is 3.96. The highest BCUT2D eigenvalue weighted by Gasteiger charge is 2.21. The SMILES string of the molecule is CN(CC(=O)NC1CCCC1)C1CCNCC1. The van der Waals surface area contributed by atoms with Crippen molar-refractivity contribution in [2.75, 3.05) is 26.7 Å². The first-order valence-corrected chi connectivity index (χ1v) is 6.96. The fourth-order valence-corrected chi connectivity index (χ4v) is 2.95. The summed E-state index contributed by atoms with van der Waals surface area (Å²) in [6.07, 6.45) is 7.20. The molecule has 0 aromatic rings. The average molecular weight is 239 g/mol. The quantitative estimate of drug-likeness (QED) is 0.760. The van der Waals surface area contributed by atoms with Crippen LogP contribution in [0.4, 0.5) is 0 Å². The number of likely N-dealkylation sites (N-methyl/N-ethyl adjacent to an activating group) is 1. The Morgan fingerprint density at radius 2 is 1.88 bits per heavy atom. The molecule has 2 fully saturated rings. The average Bonchev–Trinajstić information content (AvgIpc) is 2.82. The number of hydrogen-bond donors (Lipinski definition) is 2. The van der Waals surface area contributed by atoms with Crippen LogP contribution in [0.25, 0.3) is 0 Å². The van der Waals surface area contributed by atoms with E-state index in [1.807, 2.05) is 0 Å². The molecule has 0 aromatic heterocycles. The Morgan fingerprint density at radius 1 is 1.24 bits per heavy atom. The molecule has 17 heavy (non-hydrogen) atoms. The van der Waals surface area contributed by atoms with Gasteiger partial charge in [-0.1, -0.05) is 12.8 Å². The van der Waals surface area contributed by atoms with Crippen molar-refractivity contribution >= 4 is 5.91 Å². The van der Waals surface area contributed by atoms with Gasteiger partial charge in [-0.2, -0.15) is 0 Å². The number of carbonyl (C=O) groups is 1. The number of hydrogen-bond acceptors (Lipinski definition) is 3. The molecule has 0 atom stereocenters. The van der Waals surface area contributed by atoms with Gasteiger partial charge >= 0.3 is 0 Å². The smallest absolute Gasteiger partial charge is 0.234 e. The van der Waals surface area contributed by atoms with E-state index in [1.165, 1.54) is 25.7 Å². The Hall–Kier alpha value is -0.610. The van der Waals surface area contributed by atoms with Gasteiger partial charge in [0, 0.05) is 12.1 Å². The summed E-state index contributed by atoms with van der Waals surface area (Å²) in [5.74, 6) is 0.206. The van der Waals surface area contributed by atoms with E-state index in [0.717, 1.165) is 25.9 Å². The molecule has 2 aliphatic rings. The number of carbonyl (C=O) groups excluding carboxylic acids is 1. The van der Waals surface area contributed by atoms with Crippen LogP contribution in [0.5, 0.6) is 0 Å². The zero-order valence-corrected chi connectivity index (χ0v) is 10.9. The van der Waals surface area contributed by atoms with Gasteiger partial charge < -0.3 is 10.6 Å². The summed E-state index contributed by atoms with van der Waals surface area (Å²) in [6, 6.07) is 1.02. The van der Waals surface area contributed by atoms with Crippen LogP contribution >= 0.6 is 0 Å². The predicted molar refractivity (Wildman–Crippen MR) is 68.9 cm³/mol. The van der Waals surface area contributed by atoms with Gasteiger partial charge in [0.2, 0.25) is 5.91 Å². The van der Waals surface area contributed by atoms with Crippen molar-refractivity contribution in [3.63, 3.8) is 0 Å². The van der Waals surface area contributed by atoms with Crippen LogP contribution in [0.15, 0.2) is 0 Å². The lowest BCUT2D eigenvalue weighted by Gasteiger charge is -2.31. The van der Waals surface area contributed by atoms with Crippen LogP contribution in [0.1, 0.15) is 38.5 Å². The van der Waals surface area contributed by atoms with E-state index in [-0.39, 0.29) is 5.91 Å². The van der Waals surface area contributed by atoms with E-state index in [9.17, 15) is 4.79 Å². The Labute approximate surface area is 104 Å². The molecule has 0 unspecified atom stereocenters. The van der Waals surface area contributed by atoms with Crippen molar-refractivity contribution in [3.05, 3.63) is 0 Å². The van der Waals surface area contributed by atoms with E-state index in [2.05, 4.69) is 22.6 Å². The van der Waals surface area contributed by atoms with E-state index in [0.29, 0.717) is 18.6 Å². The second-order valence-electron chi connectivity index (χ2n) is 5.45. The van der Waals surface area contributed by atoms with E-state index < -0.39 is 0 Å². The molecule has 1 aliphatic carbocycles. The molecule has 0 bridgehead atoms. The predicted octanol–water partition coefficient (Wildman–Crippen LogP) is 0.729. The normalized spacial score (nSPS) is 23.2. The van der Waals surface area contributed by atoms with Gasteiger partial charge in [0.25, 0.3) is 0 Å². The van der Waals surface area contributed by atoms with Crippen LogP contribution < -0.4 is 10.6 Å². The summed E-state index contributed by atoms with van der Waals surface area (Å²) in [5, 5.41) is 6.51. The Morgan fingerprint density at radius 3 is 2.53 bits per heavy atom. The molecule has 1 saturated carbocycles. The highest BCUT2D eigenvalue weighted by atomic mass is 16.2. The van der Waals surface area contributed by atoms with Crippen LogP contribution in [-0.4, -0.2) is 49.6 Å².